The Labute approximate surface area is 94.2 Å². The van der Waals surface area contributed by atoms with Gasteiger partial charge < -0.3 is 15.6 Å². The predicted octanol–water partition coefficient (Wildman–Crippen LogP) is 0.916. The standard InChI is InChI=1S/C11H16N2O3/c1-7-3-8(4-10(13-7)16-2)9(6-12)5-11(14)15/h3-4,9H,5-6,12H2,1-2H3,(H,14,15). The van der Waals surface area contributed by atoms with E-state index in [1.54, 1.807) is 6.07 Å². The van der Waals surface area contributed by atoms with Crippen LogP contribution in [0.5, 0.6) is 5.88 Å². The van der Waals surface area contributed by atoms with Crippen LogP contribution in [0.3, 0.4) is 0 Å². The van der Waals surface area contributed by atoms with Crippen LogP contribution >= 0.6 is 0 Å². The van der Waals surface area contributed by atoms with Crippen LogP contribution in [0.25, 0.3) is 0 Å². The van der Waals surface area contributed by atoms with E-state index in [4.69, 9.17) is 15.6 Å². The molecule has 0 aromatic carbocycles. The second kappa shape index (κ2) is 5.46. The van der Waals surface area contributed by atoms with Crippen molar-refractivity contribution in [2.24, 2.45) is 5.73 Å². The number of hydrogen-bond donors (Lipinski definition) is 2. The maximum absolute atomic E-state index is 10.7. The molecule has 1 heterocycles. The van der Waals surface area contributed by atoms with Crippen LogP contribution in [-0.4, -0.2) is 29.7 Å². The molecule has 0 aliphatic heterocycles. The van der Waals surface area contributed by atoms with Crippen molar-refractivity contribution in [3.05, 3.63) is 23.4 Å². The molecule has 88 valence electrons. The second-order valence-electron chi connectivity index (χ2n) is 3.61. The Morgan fingerprint density at radius 1 is 1.62 bits per heavy atom. The minimum absolute atomic E-state index is 0.0170. The van der Waals surface area contributed by atoms with E-state index in [1.165, 1.54) is 7.11 Å². The smallest absolute Gasteiger partial charge is 0.304 e. The molecule has 5 heteroatoms. The van der Waals surface area contributed by atoms with Gasteiger partial charge in [0.15, 0.2) is 0 Å². The number of carbonyl (C=O) groups is 1. The summed E-state index contributed by atoms with van der Waals surface area (Å²) in [5, 5.41) is 8.77. The van der Waals surface area contributed by atoms with E-state index in [0.717, 1.165) is 11.3 Å². The Kier molecular flexibility index (Phi) is 4.25. The van der Waals surface area contributed by atoms with Gasteiger partial charge in [0.05, 0.1) is 13.5 Å². The molecule has 0 saturated heterocycles. The van der Waals surface area contributed by atoms with Gasteiger partial charge in [-0.15, -0.1) is 0 Å². The predicted molar refractivity (Wildman–Crippen MR) is 59.6 cm³/mol. The quantitative estimate of drug-likeness (QED) is 0.776. The Balaban J connectivity index is 2.99. The molecule has 0 amide bonds. The average Bonchev–Trinajstić information content (AvgIpc) is 2.24. The van der Waals surface area contributed by atoms with Gasteiger partial charge in [0.1, 0.15) is 0 Å². The van der Waals surface area contributed by atoms with Crippen molar-refractivity contribution in [3.8, 4) is 5.88 Å². The lowest BCUT2D eigenvalue weighted by Crippen LogP contribution is -2.16. The first kappa shape index (κ1) is 12.4. The number of aromatic nitrogens is 1. The minimum atomic E-state index is -0.858. The van der Waals surface area contributed by atoms with E-state index in [2.05, 4.69) is 4.98 Å². The number of carboxylic acids is 1. The van der Waals surface area contributed by atoms with Gasteiger partial charge in [0.25, 0.3) is 0 Å². The number of rotatable bonds is 5. The highest BCUT2D eigenvalue weighted by Crippen LogP contribution is 2.22. The summed E-state index contributed by atoms with van der Waals surface area (Å²) in [4.78, 5) is 14.8. The zero-order valence-electron chi connectivity index (χ0n) is 9.43. The minimum Gasteiger partial charge on any atom is -0.481 e. The third kappa shape index (κ3) is 3.20. The van der Waals surface area contributed by atoms with Crippen LogP contribution in [0.1, 0.15) is 23.6 Å². The van der Waals surface area contributed by atoms with Crippen LogP contribution < -0.4 is 10.5 Å². The van der Waals surface area contributed by atoms with E-state index >= 15 is 0 Å². The van der Waals surface area contributed by atoms with E-state index in [1.807, 2.05) is 13.0 Å². The summed E-state index contributed by atoms with van der Waals surface area (Å²) < 4.78 is 5.04. The molecular formula is C11H16N2O3. The number of aryl methyl sites for hydroxylation is 1. The number of carboxylic acid groups (broad SMARTS) is 1. The second-order valence-corrected chi connectivity index (χ2v) is 3.61. The summed E-state index contributed by atoms with van der Waals surface area (Å²) in [5.74, 6) is -0.573. The highest BCUT2D eigenvalue weighted by Gasteiger charge is 2.15. The zero-order valence-corrected chi connectivity index (χ0v) is 9.43. The monoisotopic (exact) mass is 224 g/mol. The fraction of sp³-hybridized carbons (Fsp3) is 0.455. The molecule has 1 aromatic heterocycles. The summed E-state index contributed by atoms with van der Waals surface area (Å²) in [7, 11) is 1.53. The molecule has 1 aromatic rings. The first-order valence-corrected chi connectivity index (χ1v) is 5.01. The molecule has 0 aliphatic carbocycles. The lowest BCUT2D eigenvalue weighted by Gasteiger charge is -2.14. The average molecular weight is 224 g/mol. The summed E-state index contributed by atoms with van der Waals surface area (Å²) in [6.07, 6.45) is 0.0170. The van der Waals surface area contributed by atoms with Gasteiger partial charge in [-0.3, -0.25) is 4.79 Å². The molecule has 0 saturated carbocycles. The molecule has 0 radical (unpaired) electrons. The number of hydrogen-bond acceptors (Lipinski definition) is 4. The van der Waals surface area contributed by atoms with Gasteiger partial charge in [-0.1, -0.05) is 0 Å². The van der Waals surface area contributed by atoms with Gasteiger partial charge in [-0.05, 0) is 25.1 Å². The van der Waals surface area contributed by atoms with Gasteiger partial charge in [-0.2, -0.15) is 0 Å². The Morgan fingerprint density at radius 3 is 2.81 bits per heavy atom. The van der Waals surface area contributed by atoms with Crippen molar-refractivity contribution in [3.63, 3.8) is 0 Å². The number of nitrogens with zero attached hydrogens (tertiary/aromatic N) is 1. The fourth-order valence-corrected chi connectivity index (χ4v) is 1.55. The van der Waals surface area contributed by atoms with Crippen molar-refractivity contribution in [2.45, 2.75) is 19.3 Å². The number of ether oxygens (including phenoxy) is 1. The molecule has 1 unspecified atom stereocenters. The highest BCUT2D eigenvalue weighted by atomic mass is 16.5. The van der Waals surface area contributed by atoms with Gasteiger partial charge in [-0.25, -0.2) is 4.98 Å². The van der Waals surface area contributed by atoms with Gasteiger partial charge in [0.2, 0.25) is 5.88 Å². The normalized spacial score (nSPS) is 12.2. The topological polar surface area (TPSA) is 85.4 Å². The Hall–Kier alpha value is -1.62. The van der Waals surface area contributed by atoms with Crippen molar-refractivity contribution in [1.82, 2.24) is 4.98 Å². The maximum atomic E-state index is 10.7. The number of pyridine rings is 1. The molecular weight excluding hydrogens is 208 g/mol. The fourth-order valence-electron chi connectivity index (χ4n) is 1.55. The number of nitrogens with two attached hydrogens (primary N) is 1. The van der Waals surface area contributed by atoms with E-state index < -0.39 is 5.97 Å². The van der Waals surface area contributed by atoms with E-state index in [-0.39, 0.29) is 12.3 Å². The third-order valence-corrected chi connectivity index (χ3v) is 2.34. The highest BCUT2D eigenvalue weighted by molar-refractivity contribution is 5.68. The third-order valence-electron chi connectivity index (χ3n) is 2.34. The summed E-state index contributed by atoms with van der Waals surface area (Å²) >= 11 is 0. The molecule has 5 nitrogen and oxygen atoms in total. The molecule has 0 aliphatic rings. The first-order valence-electron chi connectivity index (χ1n) is 5.01. The molecule has 0 fully saturated rings. The number of aliphatic carboxylic acids is 1. The lowest BCUT2D eigenvalue weighted by atomic mass is 9.96. The van der Waals surface area contributed by atoms with Gasteiger partial charge in [0, 0.05) is 17.7 Å². The van der Waals surface area contributed by atoms with Crippen molar-refractivity contribution < 1.29 is 14.6 Å². The molecule has 0 bridgehead atoms. The van der Waals surface area contributed by atoms with E-state index in [0.29, 0.717) is 12.4 Å². The summed E-state index contributed by atoms with van der Waals surface area (Å²) in [5.41, 5.74) is 7.22. The summed E-state index contributed by atoms with van der Waals surface area (Å²) in [6.45, 7) is 2.12. The van der Waals surface area contributed by atoms with Crippen LogP contribution in [-0.2, 0) is 4.79 Å². The van der Waals surface area contributed by atoms with Crippen LogP contribution in [0, 0.1) is 6.92 Å². The maximum Gasteiger partial charge on any atom is 0.304 e. The zero-order chi connectivity index (χ0) is 12.1. The molecule has 1 rings (SSSR count). The van der Waals surface area contributed by atoms with Crippen molar-refractivity contribution >= 4 is 5.97 Å². The lowest BCUT2D eigenvalue weighted by molar-refractivity contribution is -0.137. The van der Waals surface area contributed by atoms with Crippen molar-refractivity contribution in [2.75, 3.05) is 13.7 Å². The SMILES string of the molecule is COc1cc(C(CN)CC(=O)O)cc(C)n1. The molecule has 0 spiro atoms. The van der Waals surface area contributed by atoms with Crippen LogP contribution in [0.4, 0.5) is 0 Å². The number of methoxy groups -OCH3 is 1. The van der Waals surface area contributed by atoms with Crippen LogP contribution in [0.15, 0.2) is 12.1 Å². The Bertz CT molecular complexity index is 379. The Morgan fingerprint density at radius 2 is 2.31 bits per heavy atom. The summed E-state index contributed by atoms with van der Waals surface area (Å²) in [6, 6.07) is 3.57. The first-order chi connectivity index (χ1) is 7.56. The van der Waals surface area contributed by atoms with E-state index in [9.17, 15) is 4.79 Å². The molecule has 16 heavy (non-hydrogen) atoms. The van der Waals surface area contributed by atoms with Gasteiger partial charge >= 0.3 is 5.97 Å². The molecule has 3 N–H and O–H groups in total. The van der Waals surface area contributed by atoms with Crippen LogP contribution in [0.2, 0.25) is 0 Å². The van der Waals surface area contributed by atoms with Crippen molar-refractivity contribution in [1.29, 1.82) is 0 Å². The largest absolute Gasteiger partial charge is 0.481 e. The molecule has 1 atom stereocenters.